The van der Waals surface area contributed by atoms with E-state index in [9.17, 15) is 4.79 Å². The van der Waals surface area contributed by atoms with E-state index in [2.05, 4.69) is 62.5 Å². The zero-order chi connectivity index (χ0) is 24.1. The fraction of sp³-hybridized carbons (Fsp3) is 0.321. The fourth-order valence-electron chi connectivity index (χ4n) is 4.00. The van der Waals surface area contributed by atoms with Crippen LogP contribution in [0.1, 0.15) is 61.4 Å². The average Bonchev–Trinajstić information content (AvgIpc) is 2.79. The Morgan fingerprint density at radius 3 is 2.15 bits per heavy atom. The van der Waals surface area contributed by atoms with Gasteiger partial charge in [0.15, 0.2) is 0 Å². The van der Waals surface area contributed by atoms with Crippen molar-refractivity contribution < 1.29 is 4.79 Å². The van der Waals surface area contributed by atoms with Gasteiger partial charge in [0.25, 0.3) is 0 Å². The normalized spacial score (nSPS) is 11.0. The molecule has 0 bridgehead atoms. The van der Waals surface area contributed by atoms with Crippen LogP contribution in [0.2, 0.25) is 5.02 Å². The molecule has 0 unspecified atom stereocenters. The molecule has 3 aromatic rings. The highest BCUT2D eigenvalue weighted by Crippen LogP contribution is 2.35. The zero-order valence-corrected chi connectivity index (χ0v) is 21.0. The van der Waals surface area contributed by atoms with Gasteiger partial charge in [0.05, 0.1) is 12.2 Å². The Morgan fingerprint density at radius 1 is 1.00 bits per heavy atom. The molecule has 3 rings (SSSR count). The summed E-state index contributed by atoms with van der Waals surface area (Å²) in [6.07, 6.45) is 1.40. The van der Waals surface area contributed by atoms with E-state index in [1.807, 2.05) is 26.0 Å². The van der Waals surface area contributed by atoms with Crippen molar-refractivity contribution in [1.82, 2.24) is 0 Å². The highest BCUT2D eigenvalue weighted by Gasteiger charge is 2.21. The van der Waals surface area contributed by atoms with Crippen LogP contribution in [0, 0.1) is 6.92 Å². The maximum absolute atomic E-state index is 13.7. The molecule has 0 aliphatic heterocycles. The number of hydrogen-bond donors (Lipinski definition) is 2. The van der Waals surface area contributed by atoms with E-state index in [1.165, 1.54) is 11.1 Å². The number of aryl methyl sites for hydroxylation is 1. The number of carbonyl (C=O) groups is 1. The molecule has 0 atom stereocenters. The van der Waals surface area contributed by atoms with Crippen molar-refractivity contribution in [2.45, 2.75) is 59.9 Å². The van der Waals surface area contributed by atoms with Gasteiger partial charge in [-0.15, -0.1) is 0 Å². The van der Waals surface area contributed by atoms with Crippen molar-refractivity contribution in [3.05, 3.63) is 87.4 Å². The lowest BCUT2D eigenvalue weighted by Gasteiger charge is -2.26. The van der Waals surface area contributed by atoms with Gasteiger partial charge >= 0.3 is 6.03 Å². The van der Waals surface area contributed by atoms with Gasteiger partial charge in [0.2, 0.25) is 0 Å². The van der Waals surface area contributed by atoms with Gasteiger partial charge in [-0.1, -0.05) is 81.3 Å². The number of nitrogens with two attached hydrogens (primary N) is 1. The van der Waals surface area contributed by atoms with E-state index in [0.29, 0.717) is 36.0 Å². The number of amides is 2. The molecule has 0 saturated carbocycles. The summed E-state index contributed by atoms with van der Waals surface area (Å²) in [4.78, 5) is 15.5. The van der Waals surface area contributed by atoms with Gasteiger partial charge in [-0.25, -0.2) is 4.79 Å². The molecule has 5 heteroatoms. The van der Waals surface area contributed by atoms with E-state index in [0.717, 1.165) is 28.1 Å². The summed E-state index contributed by atoms with van der Waals surface area (Å²) in [6, 6.07) is 18.0. The number of hydrogen-bond acceptors (Lipinski definition) is 2. The van der Waals surface area contributed by atoms with Crippen molar-refractivity contribution >= 4 is 34.7 Å². The molecule has 174 valence electrons. The van der Waals surface area contributed by atoms with E-state index in [1.54, 1.807) is 11.0 Å². The standard InChI is InChI=1S/C28H34ClN3O/c1-6-23-25(29)16-26(30)24(7-2)27(23)31-28(33)32(17-20-10-8-19(5)9-11-20)22-14-12-21(13-15-22)18(3)4/h8-16,18H,6-7,17,30H2,1-5H3,(H,31,33). The Morgan fingerprint density at radius 2 is 1.61 bits per heavy atom. The van der Waals surface area contributed by atoms with Gasteiger partial charge in [-0.3, -0.25) is 4.90 Å². The molecule has 0 spiro atoms. The number of nitrogens with zero attached hydrogens (tertiary/aromatic N) is 1. The molecule has 2 amide bonds. The first-order valence-corrected chi connectivity index (χ1v) is 12.0. The number of rotatable bonds is 7. The first-order chi connectivity index (χ1) is 15.7. The lowest BCUT2D eigenvalue weighted by molar-refractivity contribution is 0.256. The average molecular weight is 464 g/mol. The van der Waals surface area contributed by atoms with Gasteiger partial charge in [-0.2, -0.15) is 0 Å². The first kappa shape index (κ1) is 24.7. The predicted octanol–water partition coefficient (Wildman–Crippen LogP) is 7.72. The topological polar surface area (TPSA) is 58.4 Å². The second-order valence-electron chi connectivity index (χ2n) is 8.73. The Hall–Kier alpha value is -2.98. The lowest BCUT2D eigenvalue weighted by atomic mass is 10.0. The summed E-state index contributed by atoms with van der Waals surface area (Å²) in [5.74, 6) is 0.423. The molecule has 3 N–H and O–H groups in total. The fourth-order valence-corrected chi connectivity index (χ4v) is 4.35. The summed E-state index contributed by atoms with van der Waals surface area (Å²) < 4.78 is 0. The van der Waals surface area contributed by atoms with E-state index < -0.39 is 0 Å². The quantitative estimate of drug-likeness (QED) is 0.352. The third-order valence-corrected chi connectivity index (χ3v) is 6.38. The summed E-state index contributed by atoms with van der Waals surface area (Å²) in [5.41, 5.74) is 13.7. The monoisotopic (exact) mass is 463 g/mol. The number of nitrogens with one attached hydrogen (secondary N) is 1. The highest BCUT2D eigenvalue weighted by molar-refractivity contribution is 6.32. The smallest absolute Gasteiger partial charge is 0.326 e. The van der Waals surface area contributed by atoms with Crippen LogP contribution in [0.15, 0.2) is 54.6 Å². The highest BCUT2D eigenvalue weighted by atomic mass is 35.5. The molecule has 3 aromatic carbocycles. The van der Waals surface area contributed by atoms with Crippen molar-refractivity contribution in [3.8, 4) is 0 Å². The Kier molecular flexibility index (Phi) is 8.04. The minimum absolute atomic E-state index is 0.209. The maximum atomic E-state index is 13.7. The van der Waals surface area contributed by atoms with Crippen molar-refractivity contribution in [1.29, 1.82) is 0 Å². The molecule has 0 aromatic heterocycles. The van der Waals surface area contributed by atoms with Gasteiger partial charge in [-0.05, 0) is 66.1 Å². The lowest BCUT2D eigenvalue weighted by Crippen LogP contribution is -2.35. The van der Waals surface area contributed by atoms with Crippen LogP contribution >= 0.6 is 11.6 Å². The number of halogens is 1. The Balaban J connectivity index is 2.01. The van der Waals surface area contributed by atoms with Crippen LogP contribution in [-0.2, 0) is 19.4 Å². The summed E-state index contributed by atoms with van der Waals surface area (Å²) in [6.45, 7) is 10.9. The second kappa shape index (κ2) is 10.8. The van der Waals surface area contributed by atoms with Gasteiger partial charge in [0.1, 0.15) is 0 Å². The van der Waals surface area contributed by atoms with Crippen LogP contribution in [0.5, 0.6) is 0 Å². The zero-order valence-electron chi connectivity index (χ0n) is 20.2. The SMILES string of the molecule is CCc1c(N)cc(Cl)c(CC)c1NC(=O)N(Cc1ccc(C)cc1)c1ccc(C(C)C)cc1. The van der Waals surface area contributed by atoms with Gasteiger partial charge in [0, 0.05) is 16.4 Å². The molecule has 0 fully saturated rings. The van der Waals surface area contributed by atoms with Crippen molar-refractivity contribution in [3.63, 3.8) is 0 Å². The van der Waals surface area contributed by atoms with Crippen LogP contribution in [-0.4, -0.2) is 6.03 Å². The minimum Gasteiger partial charge on any atom is -0.398 e. The summed E-state index contributed by atoms with van der Waals surface area (Å²) in [5, 5.41) is 3.73. The molecule has 0 aliphatic carbocycles. The van der Waals surface area contributed by atoms with Crippen LogP contribution < -0.4 is 16.0 Å². The van der Waals surface area contributed by atoms with Crippen LogP contribution in [0.3, 0.4) is 0 Å². The number of urea groups is 1. The number of carbonyl (C=O) groups excluding carboxylic acids is 1. The number of anilines is 3. The van der Waals surface area contributed by atoms with Crippen LogP contribution in [0.25, 0.3) is 0 Å². The largest absolute Gasteiger partial charge is 0.398 e. The molecule has 33 heavy (non-hydrogen) atoms. The second-order valence-corrected chi connectivity index (χ2v) is 9.14. The molecule has 0 heterocycles. The third kappa shape index (κ3) is 5.69. The molecule has 0 aliphatic rings. The predicted molar refractivity (Wildman–Crippen MR) is 142 cm³/mol. The molecular weight excluding hydrogens is 430 g/mol. The van der Waals surface area contributed by atoms with E-state index in [-0.39, 0.29) is 6.03 Å². The van der Waals surface area contributed by atoms with Crippen LogP contribution in [0.4, 0.5) is 21.9 Å². The molecule has 0 saturated heterocycles. The van der Waals surface area contributed by atoms with Crippen molar-refractivity contribution in [2.75, 3.05) is 16.0 Å². The molecule has 0 radical (unpaired) electrons. The minimum atomic E-state index is -0.209. The molecule has 4 nitrogen and oxygen atoms in total. The Bertz CT molecular complexity index is 1080. The van der Waals surface area contributed by atoms with Gasteiger partial charge < -0.3 is 11.1 Å². The number of nitrogen functional groups attached to an aromatic ring is 1. The van der Waals surface area contributed by atoms with E-state index in [4.69, 9.17) is 17.3 Å². The molecular formula is C28H34ClN3O. The Labute approximate surface area is 202 Å². The number of benzene rings is 3. The first-order valence-electron chi connectivity index (χ1n) is 11.6. The summed E-state index contributed by atoms with van der Waals surface area (Å²) >= 11 is 6.49. The maximum Gasteiger partial charge on any atom is 0.326 e. The van der Waals surface area contributed by atoms with E-state index >= 15 is 0 Å². The van der Waals surface area contributed by atoms with Crippen molar-refractivity contribution in [2.24, 2.45) is 0 Å². The third-order valence-electron chi connectivity index (χ3n) is 6.04. The summed E-state index contributed by atoms with van der Waals surface area (Å²) in [7, 11) is 0.